The van der Waals surface area contributed by atoms with E-state index in [-0.39, 0.29) is 0 Å². The van der Waals surface area contributed by atoms with Gasteiger partial charge in [-0.15, -0.1) is 0 Å². The van der Waals surface area contributed by atoms with Crippen LogP contribution in [0.15, 0.2) is 6.07 Å². The smallest absolute Gasteiger partial charge is 0.0707 e. The van der Waals surface area contributed by atoms with Crippen LogP contribution >= 0.6 is 0 Å². The number of aliphatic hydroxyl groups is 1. The summed E-state index contributed by atoms with van der Waals surface area (Å²) in [5.74, 6) is 1.00. The third-order valence-corrected chi connectivity index (χ3v) is 3.66. The predicted molar refractivity (Wildman–Crippen MR) is 84.8 cm³/mol. The Morgan fingerprint density at radius 3 is 2.10 bits per heavy atom. The van der Waals surface area contributed by atoms with E-state index in [2.05, 4.69) is 52.7 Å². The zero-order valence-corrected chi connectivity index (χ0v) is 14.1. The Labute approximate surface area is 124 Å². The molecular formula is C17H32N2O. The summed E-state index contributed by atoms with van der Waals surface area (Å²) in [5, 5.41) is 15.7. The van der Waals surface area contributed by atoms with Gasteiger partial charge in [-0.25, -0.2) is 0 Å². The van der Waals surface area contributed by atoms with Crippen molar-refractivity contribution in [2.75, 3.05) is 0 Å². The van der Waals surface area contributed by atoms with Gasteiger partial charge >= 0.3 is 0 Å². The molecule has 0 atom stereocenters. The Morgan fingerprint density at radius 1 is 1.15 bits per heavy atom. The molecule has 1 heterocycles. The van der Waals surface area contributed by atoms with Crippen LogP contribution in [0.1, 0.15) is 65.8 Å². The summed E-state index contributed by atoms with van der Waals surface area (Å²) in [6.45, 7) is 13.8. The molecule has 0 amide bonds. The average Bonchev–Trinajstić information content (AvgIpc) is 2.68. The molecule has 0 aliphatic carbocycles. The van der Waals surface area contributed by atoms with Crippen molar-refractivity contribution in [3.05, 3.63) is 17.5 Å². The van der Waals surface area contributed by atoms with E-state index in [0.29, 0.717) is 18.3 Å². The maximum absolute atomic E-state index is 11.1. The minimum absolute atomic E-state index is 0.502. The minimum Gasteiger partial charge on any atom is -0.389 e. The molecule has 0 radical (unpaired) electrons. The van der Waals surface area contributed by atoms with E-state index in [4.69, 9.17) is 0 Å². The molecule has 0 unspecified atom stereocenters. The van der Waals surface area contributed by atoms with Crippen LogP contribution in [0.5, 0.6) is 0 Å². The van der Waals surface area contributed by atoms with Gasteiger partial charge in [-0.05, 0) is 44.1 Å². The minimum atomic E-state index is -0.611. The molecule has 1 rings (SSSR count). The van der Waals surface area contributed by atoms with Crippen LogP contribution in [0.3, 0.4) is 0 Å². The van der Waals surface area contributed by atoms with Crippen LogP contribution in [0.4, 0.5) is 0 Å². The lowest BCUT2D eigenvalue weighted by Gasteiger charge is -2.32. The third-order valence-electron chi connectivity index (χ3n) is 3.66. The number of nitrogens with zero attached hydrogens (tertiary/aromatic N) is 2. The summed E-state index contributed by atoms with van der Waals surface area (Å²) in [6, 6.07) is 2.16. The third kappa shape index (κ3) is 4.93. The molecule has 1 N–H and O–H groups in total. The molecule has 3 heteroatoms. The van der Waals surface area contributed by atoms with E-state index >= 15 is 0 Å². The van der Waals surface area contributed by atoms with E-state index in [9.17, 15) is 5.11 Å². The van der Waals surface area contributed by atoms with Crippen molar-refractivity contribution in [3.63, 3.8) is 0 Å². The number of hydrogen-bond donors (Lipinski definition) is 1. The van der Waals surface area contributed by atoms with Gasteiger partial charge in [0.05, 0.1) is 11.3 Å². The monoisotopic (exact) mass is 280 g/mol. The van der Waals surface area contributed by atoms with Crippen LogP contribution in [0.25, 0.3) is 0 Å². The molecule has 1 aromatic heterocycles. The van der Waals surface area contributed by atoms with Gasteiger partial charge in [0.25, 0.3) is 0 Å². The number of aromatic nitrogens is 2. The molecule has 1 aromatic rings. The van der Waals surface area contributed by atoms with Crippen LogP contribution in [-0.4, -0.2) is 20.5 Å². The molecular weight excluding hydrogens is 248 g/mol. The first-order valence-corrected chi connectivity index (χ1v) is 8.07. The van der Waals surface area contributed by atoms with Crippen LogP contribution in [-0.2, 0) is 19.4 Å². The lowest BCUT2D eigenvalue weighted by Crippen LogP contribution is -2.35. The van der Waals surface area contributed by atoms with Crippen molar-refractivity contribution in [1.29, 1.82) is 0 Å². The molecule has 0 saturated carbocycles. The van der Waals surface area contributed by atoms with Crippen molar-refractivity contribution >= 4 is 0 Å². The summed E-state index contributed by atoms with van der Waals surface area (Å²) in [5.41, 5.74) is 1.69. The topological polar surface area (TPSA) is 38.0 Å². The van der Waals surface area contributed by atoms with Crippen molar-refractivity contribution in [3.8, 4) is 0 Å². The van der Waals surface area contributed by atoms with Crippen LogP contribution in [0.2, 0.25) is 0 Å². The second-order valence-electron chi connectivity index (χ2n) is 6.89. The highest BCUT2D eigenvalue weighted by Gasteiger charge is 2.30. The highest BCUT2D eigenvalue weighted by atomic mass is 16.3. The Hall–Kier alpha value is -0.830. The molecule has 0 aliphatic rings. The zero-order chi connectivity index (χ0) is 15.3. The molecule has 0 aliphatic heterocycles. The quantitative estimate of drug-likeness (QED) is 0.786. The lowest BCUT2D eigenvalue weighted by molar-refractivity contribution is -0.000924. The number of rotatable bonds is 8. The van der Waals surface area contributed by atoms with E-state index in [0.717, 1.165) is 31.5 Å². The lowest BCUT2D eigenvalue weighted by atomic mass is 9.81. The van der Waals surface area contributed by atoms with Gasteiger partial charge in [0.1, 0.15) is 0 Å². The summed E-state index contributed by atoms with van der Waals surface area (Å²) in [6.07, 6.45) is 3.36. The Balaban J connectivity index is 2.96. The van der Waals surface area contributed by atoms with Gasteiger partial charge in [-0.1, -0.05) is 34.6 Å². The van der Waals surface area contributed by atoms with Crippen molar-refractivity contribution < 1.29 is 5.11 Å². The molecule has 3 nitrogen and oxygen atoms in total. The summed E-state index contributed by atoms with van der Waals surface area (Å²) in [7, 11) is 0. The maximum Gasteiger partial charge on any atom is 0.0707 e. The standard InChI is InChI=1S/C17H32N2O/c1-7-15-9-16(19(8-2)18-15)12-17(20,10-13(3)4)11-14(5)6/h9,13-14,20H,7-8,10-12H2,1-6H3. The van der Waals surface area contributed by atoms with Gasteiger partial charge in [-0.2, -0.15) is 5.10 Å². The average molecular weight is 280 g/mol. The highest BCUT2D eigenvalue weighted by molar-refractivity contribution is 5.13. The van der Waals surface area contributed by atoms with Gasteiger partial charge in [0.2, 0.25) is 0 Å². The molecule has 0 aromatic carbocycles. The van der Waals surface area contributed by atoms with Gasteiger partial charge in [0.15, 0.2) is 0 Å². The number of aryl methyl sites for hydroxylation is 2. The van der Waals surface area contributed by atoms with E-state index in [1.807, 2.05) is 4.68 Å². The summed E-state index contributed by atoms with van der Waals surface area (Å²) >= 11 is 0. The first kappa shape index (κ1) is 17.2. The van der Waals surface area contributed by atoms with Crippen LogP contribution < -0.4 is 0 Å². The summed E-state index contributed by atoms with van der Waals surface area (Å²) < 4.78 is 2.05. The van der Waals surface area contributed by atoms with E-state index < -0.39 is 5.60 Å². The van der Waals surface area contributed by atoms with Crippen molar-refractivity contribution in [2.45, 2.75) is 79.4 Å². The Morgan fingerprint density at radius 2 is 1.70 bits per heavy atom. The van der Waals surface area contributed by atoms with Gasteiger partial charge in [-0.3, -0.25) is 4.68 Å². The van der Waals surface area contributed by atoms with E-state index in [1.54, 1.807) is 0 Å². The normalized spacial score (nSPS) is 12.7. The van der Waals surface area contributed by atoms with Crippen molar-refractivity contribution in [1.82, 2.24) is 9.78 Å². The predicted octanol–water partition coefficient (Wildman–Crippen LogP) is 3.83. The molecule has 0 bridgehead atoms. The first-order chi connectivity index (χ1) is 9.29. The molecule has 20 heavy (non-hydrogen) atoms. The molecule has 0 fully saturated rings. The fraction of sp³-hybridized carbons (Fsp3) is 0.824. The Kier molecular flexibility index (Phi) is 6.25. The van der Waals surface area contributed by atoms with Crippen molar-refractivity contribution in [2.24, 2.45) is 11.8 Å². The largest absolute Gasteiger partial charge is 0.389 e. The Bertz CT molecular complexity index is 397. The number of hydrogen-bond acceptors (Lipinski definition) is 2. The second kappa shape index (κ2) is 7.26. The molecule has 116 valence electrons. The second-order valence-corrected chi connectivity index (χ2v) is 6.89. The first-order valence-electron chi connectivity index (χ1n) is 8.07. The van der Waals surface area contributed by atoms with Crippen LogP contribution in [0, 0.1) is 11.8 Å². The maximum atomic E-state index is 11.1. The van der Waals surface area contributed by atoms with Gasteiger partial charge < -0.3 is 5.11 Å². The van der Waals surface area contributed by atoms with Gasteiger partial charge in [0, 0.05) is 18.7 Å². The molecule has 0 spiro atoms. The molecule has 0 saturated heterocycles. The highest BCUT2D eigenvalue weighted by Crippen LogP contribution is 2.29. The zero-order valence-electron chi connectivity index (χ0n) is 14.1. The van der Waals surface area contributed by atoms with E-state index in [1.165, 1.54) is 5.69 Å². The summed E-state index contributed by atoms with van der Waals surface area (Å²) in [4.78, 5) is 0. The fourth-order valence-electron chi connectivity index (χ4n) is 3.19. The fourth-order valence-corrected chi connectivity index (χ4v) is 3.19. The SMILES string of the molecule is CCc1cc(CC(O)(CC(C)C)CC(C)C)n(CC)n1.